The first kappa shape index (κ1) is 21.9. The van der Waals surface area contributed by atoms with Crippen molar-refractivity contribution in [3.63, 3.8) is 0 Å². The van der Waals surface area contributed by atoms with Crippen LogP contribution in [0.2, 0.25) is 0 Å². The van der Waals surface area contributed by atoms with Crippen molar-refractivity contribution in [3.8, 4) is 17.6 Å². The van der Waals surface area contributed by atoms with Crippen LogP contribution in [0.5, 0.6) is 5.75 Å². The molecular formula is C27H33NO3. The highest BCUT2D eigenvalue weighted by Crippen LogP contribution is 2.54. The zero-order valence-corrected chi connectivity index (χ0v) is 19.0. The lowest BCUT2D eigenvalue weighted by Crippen LogP contribution is -2.57. The van der Waals surface area contributed by atoms with Crippen molar-refractivity contribution in [1.82, 2.24) is 4.98 Å². The van der Waals surface area contributed by atoms with Gasteiger partial charge in [-0.2, -0.15) is 0 Å². The van der Waals surface area contributed by atoms with E-state index in [1.54, 1.807) is 6.92 Å². The van der Waals surface area contributed by atoms with Crippen molar-refractivity contribution >= 4 is 0 Å². The fraction of sp³-hybridized carbons (Fsp3) is 0.519. The van der Waals surface area contributed by atoms with E-state index in [9.17, 15) is 10.2 Å². The Bertz CT molecular complexity index is 1020. The van der Waals surface area contributed by atoms with Crippen LogP contribution in [0.25, 0.3) is 0 Å². The van der Waals surface area contributed by atoms with Gasteiger partial charge in [0.25, 0.3) is 0 Å². The Morgan fingerprint density at radius 1 is 1.23 bits per heavy atom. The summed E-state index contributed by atoms with van der Waals surface area (Å²) in [5.74, 6) is 6.89. The number of benzene rings is 1. The minimum absolute atomic E-state index is 0.121. The molecule has 1 aromatic carbocycles. The maximum Gasteiger partial charge on any atom is 0.151 e. The number of aliphatic hydroxyl groups is 2. The average Bonchev–Trinajstić information content (AvgIpc) is 2.74. The van der Waals surface area contributed by atoms with Crippen LogP contribution in [0.1, 0.15) is 67.5 Å². The number of aromatic nitrogens is 1. The molecular weight excluding hydrogens is 386 g/mol. The predicted molar refractivity (Wildman–Crippen MR) is 122 cm³/mol. The molecule has 0 aliphatic heterocycles. The minimum Gasteiger partial charge on any atom is -0.489 e. The van der Waals surface area contributed by atoms with E-state index < -0.39 is 11.7 Å². The van der Waals surface area contributed by atoms with E-state index in [0.29, 0.717) is 25.4 Å². The zero-order valence-electron chi connectivity index (χ0n) is 19.0. The first-order chi connectivity index (χ1) is 14.8. The molecule has 1 heterocycles. The number of aryl methyl sites for hydroxylation is 3. The highest BCUT2D eigenvalue weighted by atomic mass is 16.5. The summed E-state index contributed by atoms with van der Waals surface area (Å²) in [6.07, 6.45) is 4.95. The molecule has 2 aromatic rings. The van der Waals surface area contributed by atoms with E-state index in [-0.39, 0.29) is 5.41 Å². The summed E-state index contributed by atoms with van der Waals surface area (Å²) < 4.78 is 6.16. The van der Waals surface area contributed by atoms with Gasteiger partial charge in [-0.05, 0) is 93.7 Å². The van der Waals surface area contributed by atoms with Crippen LogP contribution in [-0.4, -0.2) is 26.9 Å². The molecule has 2 aliphatic rings. The van der Waals surface area contributed by atoms with Gasteiger partial charge < -0.3 is 14.9 Å². The second-order valence-corrected chi connectivity index (χ2v) is 9.27. The van der Waals surface area contributed by atoms with Crippen molar-refractivity contribution in [1.29, 1.82) is 0 Å². The topological polar surface area (TPSA) is 62.6 Å². The SMILES string of the molecule is CC#CC1(O)CC2CCc3cc(OCc4c(C)ccnc4C)ccc3C2(CC)CC1O. The van der Waals surface area contributed by atoms with Gasteiger partial charge in [0.15, 0.2) is 5.60 Å². The molecule has 1 saturated carbocycles. The van der Waals surface area contributed by atoms with E-state index in [0.717, 1.165) is 36.3 Å². The van der Waals surface area contributed by atoms with Gasteiger partial charge in [-0.25, -0.2) is 0 Å². The monoisotopic (exact) mass is 419 g/mol. The Hall–Kier alpha value is -2.35. The molecule has 4 heteroatoms. The third-order valence-corrected chi connectivity index (χ3v) is 7.68. The third-order valence-electron chi connectivity index (χ3n) is 7.68. The van der Waals surface area contributed by atoms with Crippen LogP contribution in [0.3, 0.4) is 0 Å². The Morgan fingerprint density at radius 2 is 2.03 bits per heavy atom. The summed E-state index contributed by atoms with van der Waals surface area (Å²) in [7, 11) is 0. The second-order valence-electron chi connectivity index (χ2n) is 9.27. The maximum atomic E-state index is 11.0. The fourth-order valence-corrected chi connectivity index (χ4v) is 5.85. The summed E-state index contributed by atoms with van der Waals surface area (Å²) in [6, 6.07) is 8.43. The van der Waals surface area contributed by atoms with E-state index in [4.69, 9.17) is 4.74 Å². The zero-order chi connectivity index (χ0) is 22.2. The molecule has 0 spiro atoms. The normalized spacial score (nSPS) is 29.4. The number of nitrogens with zero attached hydrogens (tertiary/aromatic N) is 1. The number of fused-ring (bicyclic) bond motifs is 3. The third kappa shape index (κ3) is 3.75. The number of hydrogen-bond acceptors (Lipinski definition) is 4. The van der Waals surface area contributed by atoms with Crippen LogP contribution in [-0.2, 0) is 18.4 Å². The molecule has 2 aliphatic carbocycles. The standard InChI is InChI=1S/C27H33NO3/c1-5-12-27(30)15-21-8-7-20-14-22(31-17-23-18(3)11-13-28-19(23)4)9-10-24(20)26(21,6-2)16-25(27)29/h9-11,13-14,21,25,29-30H,6-8,15-17H2,1-4H3. The Balaban J connectivity index is 1.61. The lowest BCUT2D eigenvalue weighted by Gasteiger charge is -2.53. The molecule has 1 fully saturated rings. The summed E-state index contributed by atoms with van der Waals surface area (Å²) in [6.45, 7) is 8.53. The van der Waals surface area contributed by atoms with Gasteiger partial charge in [-0.3, -0.25) is 4.98 Å². The van der Waals surface area contributed by atoms with Gasteiger partial charge in [0, 0.05) is 22.9 Å². The molecule has 0 radical (unpaired) electrons. The van der Waals surface area contributed by atoms with Crippen LogP contribution < -0.4 is 4.74 Å². The van der Waals surface area contributed by atoms with Crippen LogP contribution in [0.15, 0.2) is 30.5 Å². The van der Waals surface area contributed by atoms with Crippen molar-refractivity contribution in [2.45, 2.75) is 83.5 Å². The van der Waals surface area contributed by atoms with Gasteiger partial charge in [-0.1, -0.05) is 18.9 Å². The van der Waals surface area contributed by atoms with Gasteiger partial charge >= 0.3 is 0 Å². The van der Waals surface area contributed by atoms with Crippen molar-refractivity contribution in [2.24, 2.45) is 5.92 Å². The number of aliphatic hydroxyl groups excluding tert-OH is 1. The molecule has 164 valence electrons. The van der Waals surface area contributed by atoms with Crippen molar-refractivity contribution in [2.75, 3.05) is 0 Å². The molecule has 1 aromatic heterocycles. The largest absolute Gasteiger partial charge is 0.489 e. The number of ether oxygens (including phenoxy) is 1. The molecule has 0 saturated heterocycles. The quantitative estimate of drug-likeness (QED) is 0.721. The first-order valence-electron chi connectivity index (χ1n) is 11.3. The summed E-state index contributed by atoms with van der Waals surface area (Å²) >= 11 is 0. The lowest BCUT2D eigenvalue weighted by atomic mass is 9.52. The minimum atomic E-state index is -1.29. The summed E-state index contributed by atoms with van der Waals surface area (Å²) in [4.78, 5) is 4.39. The van der Waals surface area contributed by atoms with Crippen LogP contribution in [0, 0.1) is 31.6 Å². The lowest BCUT2D eigenvalue weighted by molar-refractivity contribution is -0.106. The molecule has 4 unspecified atom stereocenters. The average molecular weight is 420 g/mol. The molecule has 31 heavy (non-hydrogen) atoms. The highest BCUT2D eigenvalue weighted by molar-refractivity contribution is 5.44. The second kappa shape index (κ2) is 8.30. The number of hydrogen-bond donors (Lipinski definition) is 2. The van der Waals surface area contributed by atoms with Crippen molar-refractivity contribution in [3.05, 3.63) is 58.4 Å². The molecule has 0 bridgehead atoms. The highest BCUT2D eigenvalue weighted by Gasteiger charge is 2.54. The fourth-order valence-electron chi connectivity index (χ4n) is 5.85. The van der Waals surface area contributed by atoms with Gasteiger partial charge in [0.2, 0.25) is 0 Å². The Labute approximate surface area is 185 Å². The first-order valence-corrected chi connectivity index (χ1v) is 11.3. The number of pyridine rings is 1. The van der Waals surface area contributed by atoms with Gasteiger partial charge in [-0.15, -0.1) is 5.92 Å². The molecule has 2 N–H and O–H groups in total. The summed E-state index contributed by atoms with van der Waals surface area (Å²) in [5, 5.41) is 21.8. The van der Waals surface area contributed by atoms with Crippen LogP contribution in [0.4, 0.5) is 0 Å². The maximum absolute atomic E-state index is 11.0. The van der Waals surface area contributed by atoms with Gasteiger partial charge in [0.1, 0.15) is 12.4 Å². The predicted octanol–water partition coefficient (Wildman–Crippen LogP) is 4.40. The van der Waals surface area contributed by atoms with Crippen molar-refractivity contribution < 1.29 is 14.9 Å². The number of rotatable bonds is 4. The van der Waals surface area contributed by atoms with E-state index in [1.807, 2.05) is 19.2 Å². The van der Waals surface area contributed by atoms with E-state index in [2.05, 4.69) is 48.9 Å². The molecule has 4 rings (SSSR count). The summed E-state index contributed by atoms with van der Waals surface area (Å²) in [5.41, 5.74) is 4.52. The Kier molecular flexibility index (Phi) is 5.85. The van der Waals surface area contributed by atoms with E-state index >= 15 is 0 Å². The smallest absolute Gasteiger partial charge is 0.151 e. The Morgan fingerprint density at radius 3 is 2.74 bits per heavy atom. The van der Waals surface area contributed by atoms with E-state index in [1.165, 1.54) is 16.7 Å². The molecule has 4 atom stereocenters. The van der Waals surface area contributed by atoms with Crippen LogP contribution >= 0.6 is 0 Å². The molecule has 0 amide bonds. The molecule has 4 nitrogen and oxygen atoms in total. The van der Waals surface area contributed by atoms with Gasteiger partial charge in [0.05, 0.1) is 6.10 Å².